The Bertz CT molecular complexity index is 1410. The Hall–Kier alpha value is -3.01. The van der Waals surface area contributed by atoms with Gasteiger partial charge in [0.25, 0.3) is 0 Å². The Kier molecular flexibility index (Phi) is 20.7. The van der Waals surface area contributed by atoms with Crippen molar-refractivity contribution in [3.8, 4) is 0 Å². The molecule has 43 heavy (non-hydrogen) atoms. The molecule has 4 rings (SSSR count). The first kappa shape index (κ1) is 44.4. The van der Waals surface area contributed by atoms with Gasteiger partial charge in [-0.2, -0.15) is 0 Å². The summed E-state index contributed by atoms with van der Waals surface area (Å²) in [6, 6.07) is 5.09. The molecule has 0 aliphatic heterocycles. The predicted molar refractivity (Wildman–Crippen MR) is 117 cm³/mol. The predicted octanol–water partition coefficient (Wildman–Crippen LogP) is -7.57. The van der Waals surface area contributed by atoms with Gasteiger partial charge in [0.1, 0.15) is 23.0 Å². The van der Waals surface area contributed by atoms with Crippen LogP contribution >= 0.6 is 0 Å². The molecule has 4 heterocycles. The first-order chi connectivity index (χ1) is 19.2. The molecule has 0 unspecified atom stereocenters. The molecule has 4 aromatic heterocycles. The Morgan fingerprint density at radius 3 is 0.744 bits per heavy atom. The molecule has 2 N–H and O–H groups in total. The van der Waals surface area contributed by atoms with Gasteiger partial charge in [-0.15, -0.1) is 20.5 Å². The van der Waals surface area contributed by atoms with Crippen molar-refractivity contribution in [1.82, 2.24) is 0 Å². The van der Waals surface area contributed by atoms with Gasteiger partial charge in [-0.05, 0) is 27.7 Å². The van der Waals surface area contributed by atoms with Crippen LogP contribution in [0.5, 0.6) is 0 Å². The molecule has 0 atom stereocenters. The summed E-state index contributed by atoms with van der Waals surface area (Å²) in [6.45, 7) is 6.51. The van der Waals surface area contributed by atoms with Crippen molar-refractivity contribution in [3.63, 3.8) is 0 Å². The van der Waals surface area contributed by atoms with Gasteiger partial charge in [0.15, 0.2) is 32.5 Å². The summed E-state index contributed by atoms with van der Waals surface area (Å²) in [6.07, 6.45) is 0. The average molecular weight is 706 g/mol. The van der Waals surface area contributed by atoms with Crippen LogP contribution in [0, 0.1) is 48.2 Å². The molecular weight excluding hydrogens is 682 g/mol. The third-order valence-corrected chi connectivity index (χ3v) is 3.75. The zero-order valence-corrected chi connectivity index (χ0v) is 25.3. The van der Waals surface area contributed by atoms with Crippen molar-refractivity contribution in [2.75, 3.05) is 14.2 Å². The molecule has 18 nitrogen and oxygen atoms in total. The van der Waals surface area contributed by atoms with Crippen LogP contribution in [0.25, 0.3) is 22.3 Å². The molecule has 0 fully saturated rings. The van der Waals surface area contributed by atoms with Gasteiger partial charge in [0, 0.05) is 38.5 Å². The van der Waals surface area contributed by atoms with E-state index in [0.29, 0.717) is 23.0 Å². The zero-order valence-electron chi connectivity index (χ0n) is 22.8. The van der Waals surface area contributed by atoms with Crippen LogP contribution < -0.4 is 59.0 Å². The number of halogens is 2. The zero-order chi connectivity index (χ0) is 33.6. The van der Waals surface area contributed by atoms with E-state index in [1.807, 2.05) is 0 Å². The van der Waals surface area contributed by atoms with E-state index in [1.54, 1.807) is 27.7 Å². The van der Waals surface area contributed by atoms with Gasteiger partial charge >= 0.3 is 28.1 Å². The van der Waals surface area contributed by atoms with Gasteiger partial charge in [0.05, 0.1) is 0 Å². The Morgan fingerprint density at radius 1 is 0.465 bits per heavy atom. The van der Waals surface area contributed by atoms with Crippen LogP contribution in [-0.2, 0) is 16.5 Å². The maximum Gasteiger partial charge on any atom is 2.00 e. The molecule has 0 radical (unpaired) electrons. The van der Waals surface area contributed by atoms with E-state index >= 15 is 0 Å². The number of aliphatic hydroxyl groups excluding tert-OH is 2. The standard InChI is InChI=1S/2C10H8O4.2CH4O.2ClHO4.Ni/c2*1-5-3-7(11)9-8(12)4-6(2)14-10(9)13-5;2*1-2;2*2-1(3,4)5;/h2*3-4H,1-2H3;2*2H,1H3;2*(H,2,3,4,5);/q;;;;;;+2/p-2. The second kappa shape index (κ2) is 20.0. The minimum absolute atomic E-state index is 0. The van der Waals surface area contributed by atoms with E-state index in [-0.39, 0.29) is 60.5 Å². The topological polar surface area (TPSA) is 346 Å². The van der Waals surface area contributed by atoms with Crippen LogP contribution in [0.3, 0.4) is 0 Å². The largest absolute Gasteiger partial charge is 2.00 e. The Morgan fingerprint density at radius 2 is 0.605 bits per heavy atom. The number of aryl methyl sites for hydroxylation is 4. The van der Waals surface area contributed by atoms with Crippen molar-refractivity contribution in [2.24, 2.45) is 0 Å². The summed E-state index contributed by atoms with van der Waals surface area (Å²) in [5.41, 5.74) is -1.45. The molecule has 0 aliphatic rings. The van der Waals surface area contributed by atoms with E-state index in [9.17, 15) is 19.2 Å². The molecule has 0 saturated heterocycles. The normalized spacial score (nSPS) is 10.0. The Balaban J connectivity index is -0.000000518. The number of aliphatic hydroxyl groups is 2. The molecule has 4 aromatic rings. The molecule has 0 amide bonds. The maximum atomic E-state index is 11.4. The smallest absolute Gasteiger partial charge is 0.430 e. The Labute approximate surface area is 254 Å². The summed E-state index contributed by atoms with van der Waals surface area (Å²) in [4.78, 5) is 45.6. The number of hydrogen-bond acceptors (Lipinski definition) is 18. The van der Waals surface area contributed by atoms with Crippen molar-refractivity contribution in [2.45, 2.75) is 27.7 Å². The molecule has 0 saturated carbocycles. The first-order valence-electron chi connectivity index (χ1n) is 10.4. The molecule has 0 spiro atoms. The summed E-state index contributed by atoms with van der Waals surface area (Å²) < 4.78 is 88.5. The summed E-state index contributed by atoms with van der Waals surface area (Å²) in [7, 11) is -7.89. The SMILES string of the molecule is CO.CO.Cc1cc(=O)c2c(=O)cc(C)oc2o1.Cc1cc(=O)c2c(=O)cc(C)oc2o1.[Ni+2].[O-][Cl+3]([O-])([O-])[O-].[O-][Cl+3]([O-])([O-])[O-]. The monoisotopic (exact) mass is 704 g/mol. The van der Waals surface area contributed by atoms with E-state index in [1.165, 1.54) is 24.3 Å². The van der Waals surface area contributed by atoms with Crippen molar-refractivity contribution >= 4 is 22.3 Å². The minimum atomic E-state index is -4.94. The minimum Gasteiger partial charge on any atom is -0.430 e. The molecule has 0 aromatic carbocycles. The summed E-state index contributed by atoms with van der Waals surface area (Å²) in [5, 5.41) is 13.9. The quantitative estimate of drug-likeness (QED) is 0.160. The summed E-state index contributed by atoms with van der Waals surface area (Å²) >= 11 is 0. The third-order valence-electron chi connectivity index (χ3n) is 3.75. The van der Waals surface area contributed by atoms with Gasteiger partial charge in [-0.1, -0.05) is 0 Å². The molecule has 0 aliphatic carbocycles. The van der Waals surface area contributed by atoms with Crippen LogP contribution in [0.15, 0.2) is 61.1 Å². The van der Waals surface area contributed by atoms with Crippen molar-refractivity contribution in [1.29, 1.82) is 0 Å². The number of fused-ring (bicyclic) bond motifs is 2. The first-order valence-corrected chi connectivity index (χ1v) is 12.9. The molecule has 0 bridgehead atoms. The fourth-order valence-electron chi connectivity index (χ4n) is 2.62. The second-order valence-electron chi connectivity index (χ2n) is 6.97. The van der Waals surface area contributed by atoms with Crippen molar-refractivity contribution in [3.05, 3.63) is 88.2 Å². The number of rotatable bonds is 0. The van der Waals surface area contributed by atoms with Gasteiger partial charge in [0.2, 0.25) is 0 Å². The van der Waals surface area contributed by atoms with E-state index in [2.05, 4.69) is 0 Å². The summed E-state index contributed by atoms with van der Waals surface area (Å²) in [5.74, 6) is 1.71. The number of hydrogen-bond donors (Lipinski definition) is 2. The molecular formula is C22H24Cl2NiO18. The molecule has 244 valence electrons. The second-order valence-corrected chi connectivity index (χ2v) is 8.48. The van der Waals surface area contributed by atoms with Crippen LogP contribution in [0.4, 0.5) is 0 Å². The van der Waals surface area contributed by atoms with Gasteiger partial charge in [-0.25, -0.2) is 37.3 Å². The third kappa shape index (κ3) is 19.0. The fraction of sp³-hybridized carbons (Fsp3) is 0.273. The van der Waals surface area contributed by atoms with Gasteiger partial charge in [-0.3, -0.25) is 19.2 Å². The fourth-order valence-corrected chi connectivity index (χ4v) is 2.62. The van der Waals surface area contributed by atoms with E-state index < -0.39 is 20.5 Å². The van der Waals surface area contributed by atoms with Crippen LogP contribution in [0.2, 0.25) is 0 Å². The van der Waals surface area contributed by atoms with E-state index in [0.717, 1.165) is 14.2 Å². The van der Waals surface area contributed by atoms with E-state index in [4.69, 9.17) is 65.2 Å². The molecule has 21 heteroatoms. The average Bonchev–Trinajstić information content (AvgIpc) is 2.78. The van der Waals surface area contributed by atoms with Crippen molar-refractivity contribution < 1.29 is 102 Å². The van der Waals surface area contributed by atoms with Crippen LogP contribution in [0.1, 0.15) is 23.0 Å². The van der Waals surface area contributed by atoms with Gasteiger partial charge < -0.3 is 27.9 Å². The van der Waals surface area contributed by atoms with Crippen LogP contribution in [-0.4, -0.2) is 24.4 Å². The maximum absolute atomic E-state index is 11.4.